The zero-order valence-corrected chi connectivity index (χ0v) is 9.96. The van der Waals surface area contributed by atoms with Gasteiger partial charge in [-0.05, 0) is 5.56 Å². The van der Waals surface area contributed by atoms with Crippen molar-refractivity contribution in [3.8, 4) is 22.6 Å². The zero-order chi connectivity index (χ0) is 12.5. The van der Waals surface area contributed by atoms with Crippen molar-refractivity contribution in [3.63, 3.8) is 0 Å². The number of nitrogens with zero attached hydrogens (tertiary/aromatic N) is 3. The smallest absolute Gasteiger partial charge is 0.145 e. The van der Waals surface area contributed by atoms with Crippen LogP contribution in [0.1, 0.15) is 0 Å². The predicted molar refractivity (Wildman–Crippen MR) is 70.6 cm³/mol. The van der Waals surface area contributed by atoms with E-state index in [2.05, 4.69) is 15.2 Å². The minimum Gasteiger partial charge on any atom is -0.382 e. The minimum atomic E-state index is 0.498. The molecular weight excluding hydrogens is 226 g/mol. The molecule has 3 N–H and O–H groups in total. The molecular formula is C13H13N5. The molecule has 0 aliphatic heterocycles. The lowest BCUT2D eigenvalue weighted by Crippen LogP contribution is -1.90. The van der Waals surface area contributed by atoms with Gasteiger partial charge in [0.05, 0.1) is 5.69 Å². The first kappa shape index (κ1) is 10.6. The fourth-order valence-corrected chi connectivity index (χ4v) is 1.93. The van der Waals surface area contributed by atoms with Crippen LogP contribution in [0.5, 0.6) is 0 Å². The number of H-pyrrole nitrogens is 1. The third kappa shape index (κ3) is 1.75. The van der Waals surface area contributed by atoms with E-state index in [1.807, 2.05) is 48.1 Å². The molecule has 3 aromatic rings. The van der Waals surface area contributed by atoms with Crippen LogP contribution in [0.25, 0.3) is 22.6 Å². The minimum absolute atomic E-state index is 0.498. The van der Waals surface area contributed by atoms with Gasteiger partial charge in [-0.2, -0.15) is 5.10 Å². The third-order valence-electron chi connectivity index (χ3n) is 2.87. The van der Waals surface area contributed by atoms with E-state index in [1.165, 1.54) is 0 Å². The van der Waals surface area contributed by atoms with Gasteiger partial charge >= 0.3 is 0 Å². The molecule has 0 radical (unpaired) electrons. The maximum atomic E-state index is 5.59. The van der Waals surface area contributed by atoms with Crippen molar-refractivity contribution in [2.75, 3.05) is 5.73 Å². The number of hydrogen-bond donors (Lipinski definition) is 2. The SMILES string of the molecule is Cn1ccnc1-c1ccc(-c2cc(N)n[nH]2)cc1. The fraction of sp³-hybridized carbons (Fsp3) is 0.0769. The molecule has 0 spiro atoms. The molecule has 90 valence electrons. The maximum absolute atomic E-state index is 5.59. The van der Waals surface area contributed by atoms with Gasteiger partial charge in [0.25, 0.3) is 0 Å². The highest BCUT2D eigenvalue weighted by atomic mass is 15.2. The Labute approximate surface area is 104 Å². The first-order valence-corrected chi connectivity index (χ1v) is 5.63. The van der Waals surface area contributed by atoms with E-state index < -0.39 is 0 Å². The van der Waals surface area contributed by atoms with Gasteiger partial charge in [-0.1, -0.05) is 24.3 Å². The molecule has 0 atom stereocenters. The average Bonchev–Trinajstić information content (AvgIpc) is 2.98. The number of aryl methyl sites for hydroxylation is 1. The summed E-state index contributed by atoms with van der Waals surface area (Å²) in [7, 11) is 1.98. The lowest BCUT2D eigenvalue weighted by atomic mass is 10.1. The van der Waals surface area contributed by atoms with E-state index in [0.29, 0.717) is 5.82 Å². The second-order valence-electron chi connectivity index (χ2n) is 4.15. The number of hydrogen-bond acceptors (Lipinski definition) is 3. The molecule has 0 saturated carbocycles. The Morgan fingerprint density at radius 2 is 1.89 bits per heavy atom. The number of benzene rings is 1. The number of anilines is 1. The van der Waals surface area contributed by atoms with Gasteiger partial charge in [-0.25, -0.2) is 4.98 Å². The molecule has 2 aromatic heterocycles. The summed E-state index contributed by atoms with van der Waals surface area (Å²) >= 11 is 0. The molecule has 18 heavy (non-hydrogen) atoms. The van der Waals surface area contributed by atoms with Crippen molar-refractivity contribution in [1.29, 1.82) is 0 Å². The Bertz CT molecular complexity index is 663. The van der Waals surface area contributed by atoms with Crippen LogP contribution in [0.2, 0.25) is 0 Å². The Hall–Kier alpha value is -2.56. The summed E-state index contributed by atoms with van der Waals surface area (Å²) in [5.74, 6) is 1.45. The summed E-state index contributed by atoms with van der Waals surface area (Å²) < 4.78 is 1.99. The molecule has 0 saturated heterocycles. The van der Waals surface area contributed by atoms with Crippen LogP contribution in [-0.2, 0) is 7.05 Å². The summed E-state index contributed by atoms with van der Waals surface area (Å²) in [6, 6.07) is 9.94. The Balaban J connectivity index is 1.97. The second-order valence-corrected chi connectivity index (χ2v) is 4.15. The van der Waals surface area contributed by atoms with Gasteiger partial charge in [0.1, 0.15) is 11.6 Å². The van der Waals surface area contributed by atoms with Crippen molar-refractivity contribution < 1.29 is 0 Å². The molecule has 3 rings (SSSR count). The zero-order valence-electron chi connectivity index (χ0n) is 9.96. The Morgan fingerprint density at radius 1 is 1.17 bits per heavy atom. The fourth-order valence-electron chi connectivity index (χ4n) is 1.93. The van der Waals surface area contributed by atoms with Crippen molar-refractivity contribution in [2.45, 2.75) is 0 Å². The highest BCUT2D eigenvalue weighted by Crippen LogP contribution is 2.23. The maximum Gasteiger partial charge on any atom is 0.145 e. The first-order chi connectivity index (χ1) is 8.74. The predicted octanol–water partition coefficient (Wildman–Crippen LogP) is 2.06. The van der Waals surface area contributed by atoms with Crippen molar-refractivity contribution in [2.24, 2.45) is 7.05 Å². The van der Waals surface area contributed by atoms with Gasteiger partial charge in [0, 0.05) is 31.1 Å². The first-order valence-electron chi connectivity index (χ1n) is 5.63. The van der Waals surface area contributed by atoms with E-state index in [1.54, 1.807) is 6.20 Å². The number of nitrogens with one attached hydrogen (secondary N) is 1. The third-order valence-corrected chi connectivity index (χ3v) is 2.87. The van der Waals surface area contributed by atoms with Crippen molar-refractivity contribution in [1.82, 2.24) is 19.7 Å². The summed E-state index contributed by atoms with van der Waals surface area (Å²) in [5, 5.41) is 6.81. The molecule has 5 nitrogen and oxygen atoms in total. The summed E-state index contributed by atoms with van der Waals surface area (Å²) in [6.45, 7) is 0. The Morgan fingerprint density at radius 3 is 2.44 bits per heavy atom. The van der Waals surface area contributed by atoms with Crippen LogP contribution < -0.4 is 5.73 Å². The van der Waals surface area contributed by atoms with Gasteiger partial charge in [-0.3, -0.25) is 5.10 Å². The van der Waals surface area contributed by atoms with Gasteiger partial charge in [0.15, 0.2) is 0 Å². The van der Waals surface area contributed by atoms with Crippen LogP contribution in [0.15, 0.2) is 42.7 Å². The topological polar surface area (TPSA) is 72.5 Å². The van der Waals surface area contributed by atoms with Crippen LogP contribution in [0, 0.1) is 0 Å². The highest BCUT2D eigenvalue weighted by Gasteiger charge is 2.05. The highest BCUT2D eigenvalue weighted by molar-refractivity contribution is 5.66. The lowest BCUT2D eigenvalue weighted by Gasteiger charge is -2.03. The summed E-state index contributed by atoms with van der Waals surface area (Å²) in [6.07, 6.45) is 3.72. The normalized spacial score (nSPS) is 10.7. The molecule has 0 unspecified atom stereocenters. The molecule has 0 amide bonds. The second kappa shape index (κ2) is 4.03. The number of nitrogens with two attached hydrogens (primary N) is 1. The molecule has 0 bridgehead atoms. The van der Waals surface area contributed by atoms with E-state index >= 15 is 0 Å². The number of aromatic nitrogens is 4. The number of imidazole rings is 1. The van der Waals surface area contributed by atoms with E-state index in [-0.39, 0.29) is 0 Å². The quantitative estimate of drug-likeness (QED) is 0.719. The van der Waals surface area contributed by atoms with Gasteiger partial charge in [0.2, 0.25) is 0 Å². The van der Waals surface area contributed by atoms with Crippen molar-refractivity contribution >= 4 is 5.82 Å². The monoisotopic (exact) mass is 239 g/mol. The molecule has 0 aliphatic rings. The number of aromatic amines is 1. The lowest BCUT2D eigenvalue weighted by molar-refractivity contribution is 0.925. The Kier molecular flexibility index (Phi) is 2.37. The molecule has 1 aromatic carbocycles. The van der Waals surface area contributed by atoms with Gasteiger partial charge < -0.3 is 10.3 Å². The average molecular weight is 239 g/mol. The standard InChI is InChI=1S/C13H13N5/c1-18-7-6-15-13(18)10-4-2-9(3-5-10)11-8-12(14)17-16-11/h2-8H,1H3,(H3,14,16,17). The van der Waals surface area contributed by atoms with Crippen molar-refractivity contribution in [3.05, 3.63) is 42.7 Å². The summed E-state index contributed by atoms with van der Waals surface area (Å²) in [4.78, 5) is 4.32. The van der Waals surface area contributed by atoms with Gasteiger partial charge in [-0.15, -0.1) is 0 Å². The molecule has 2 heterocycles. The van der Waals surface area contributed by atoms with E-state index in [0.717, 1.165) is 22.6 Å². The van der Waals surface area contributed by atoms with Crippen LogP contribution >= 0.6 is 0 Å². The van der Waals surface area contributed by atoms with Crippen LogP contribution in [0.3, 0.4) is 0 Å². The molecule has 5 heteroatoms. The van der Waals surface area contributed by atoms with E-state index in [4.69, 9.17) is 5.73 Å². The molecule has 0 fully saturated rings. The van der Waals surface area contributed by atoms with Crippen LogP contribution in [0.4, 0.5) is 5.82 Å². The van der Waals surface area contributed by atoms with Crippen LogP contribution in [-0.4, -0.2) is 19.7 Å². The summed E-state index contributed by atoms with van der Waals surface area (Å²) in [5.41, 5.74) is 8.64. The largest absolute Gasteiger partial charge is 0.382 e. The number of rotatable bonds is 2. The van der Waals surface area contributed by atoms with E-state index in [9.17, 15) is 0 Å². The molecule has 0 aliphatic carbocycles. The number of nitrogen functional groups attached to an aromatic ring is 1.